The SMILES string of the molecule is C=C(CCl)c1c(C)cccc1Cl. The molecule has 0 heterocycles. The summed E-state index contributed by atoms with van der Waals surface area (Å²) in [7, 11) is 0. The van der Waals surface area contributed by atoms with Gasteiger partial charge in [0.1, 0.15) is 0 Å². The molecule has 0 fully saturated rings. The molecule has 0 amide bonds. The van der Waals surface area contributed by atoms with Crippen molar-refractivity contribution in [2.75, 3.05) is 5.88 Å². The number of hydrogen-bond donors (Lipinski definition) is 0. The maximum atomic E-state index is 5.98. The van der Waals surface area contributed by atoms with Gasteiger partial charge in [0.25, 0.3) is 0 Å². The Balaban J connectivity index is 3.21. The Bertz CT molecular complexity index is 282. The van der Waals surface area contributed by atoms with E-state index in [4.69, 9.17) is 23.2 Å². The van der Waals surface area contributed by atoms with Crippen molar-refractivity contribution in [1.82, 2.24) is 0 Å². The predicted octanol–water partition coefficient (Wildman–Crippen LogP) is 3.90. The van der Waals surface area contributed by atoms with Crippen LogP contribution >= 0.6 is 23.2 Å². The van der Waals surface area contributed by atoms with Crippen molar-refractivity contribution in [3.05, 3.63) is 40.9 Å². The van der Waals surface area contributed by atoms with Crippen LogP contribution < -0.4 is 0 Å². The molecule has 0 N–H and O–H groups in total. The molecule has 1 aromatic rings. The van der Waals surface area contributed by atoms with Gasteiger partial charge in [0.15, 0.2) is 0 Å². The maximum Gasteiger partial charge on any atom is 0.0484 e. The highest BCUT2D eigenvalue weighted by molar-refractivity contribution is 6.33. The molecule has 0 bridgehead atoms. The van der Waals surface area contributed by atoms with Crippen molar-refractivity contribution >= 4 is 28.8 Å². The van der Waals surface area contributed by atoms with Gasteiger partial charge >= 0.3 is 0 Å². The first-order chi connectivity index (χ1) is 5.66. The van der Waals surface area contributed by atoms with Crippen LogP contribution in [0.1, 0.15) is 11.1 Å². The van der Waals surface area contributed by atoms with E-state index in [-0.39, 0.29) is 0 Å². The molecule has 2 heteroatoms. The summed E-state index contributed by atoms with van der Waals surface area (Å²) in [5.74, 6) is 0.421. The molecule has 0 aliphatic heterocycles. The molecular weight excluding hydrogens is 191 g/mol. The molecule has 0 nitrogen and oxygen atoms in total. The van der Waals surface area contributed by atoms with E-state index >= 15 is 0 Å². The summed E-state index contributed by atoms with van der Waals surface area (Å²) in [4.78, 5) is 0. The van der Waals surface area contributed by atoms with Crippen molar-refractivity contribution in [2.45, 2.75) is 6.92 Å². The molecule has 64 valence electrons. The highest BCUT2D eigenvalue weighted by atomic mass is 35.5. The molecule has 0 radical (unpaired) electrons. The largest absolute Gasteiger partial charge is 0.122 e. The number of allylic oxidation sites excluding steroid dienone is 1. The van der Waals surface area contributed by atoms with E-state index in [1.165, 1.54) is 0 Å². The zero-order chi connectivity index (χ0) is 9.14. The zero-order valence-corrected chi connectivity index (χ0v) is 8.41. The number of alkyl halides is 1. The van der Waals surface area contributed by atoms with Gasteiger partial charge in [-0.3, -0.25) is 0 Å². The molecule has 0 aromatic heterocycles. The van der Waals surface area contributed by atoms with Crippen LogP contribution in [-0.2, 0) is 0 Å². The molecule has 0 saturated heterocycles. The van der Waals surface area contributed by atoms with Crippen LogP contribution in [0.3, 0.4) is 0 Å². The van der Waals surface area contributed by atoms with Gasteiger partial charge in [-0.2, -0.15) is 0 Å². The third-order valence-electron chi connectivity index (χ3n) is 1.74. The van der Waals surface area contributed by atoms with Crippen molar-refractivity contribution < 1.29 is 0 Å². The first kappa shape index (κ1) is 9.63. The lowest BCUT2D eigenvalue weighted by atomic mass is 10.0. The molecule has 1 rings (SSSR count). The van der Waals surface area contributed by atoms with Gasteiger partial charge in [-0.15, -0.1) is 11.6 Å². The highest BCUT2D eigenvalue weighted by Gasteiger charge is 2.05. The lowest BCUT2D eigenvalue weighted by molar-refractivity contribution is 1.41. The fraction of sp³-hybridized carbons (Fsp3) is 0.200. The number of hydrogen-bond acceptors (Lipinski definition) is 0. The molecule has 0 spiro atoms. The molecule has 0 unspecified atom stereocenters. The summed E-state index contributed by atoms with van der Waals surface area (Å²) < 4.78 is 0. The van der Waals surface area contributed by atoms with E-state index in [1.807, 2.05) is 25.1 Å². The van der Waals surface area contributed by atoms with E-state index in [0.29, 0.717) is 5.88 Å². The first-order valence-electron chi connectivity index (χ1n) is 3.66. The Morgan fingerprint density at radius 2 is 2.17 bits per heavy atom. The third kappa shape index (κ3) is 1.82. The smallest absolute Gasteiger partial charge is 0.0484 e. The second kappa shape index (κ2) is 3.97. The second-order valence-electron chi connectivity index (χ2n) is 2.67. The second-order valence-corrected chi connectivity index (χ2v) is 3.34. The minimum absolute atomic E-state index is 0.421. The lowest BCUT2D eigenvalue weighted by Gasteiger charge is -2.07. The van der Waals surface area contributed by atoms with Gasteiger partial charge in [0.2, 0.25) is 0 Å². The lowest BCUT2D eigenvalue weighted by Crippen LogP contribution is -1.89. The predicted molar refractivity (Wildman–Crippen MR) is 55.9 cm³/mol. The van der Waals surface area contributed by atoms with Gasteiger partial charge in [-0.05, 0) is 29.7 Å². The number of benzene rings is 1. The van der Waals surface area contributed by atoms with E-state index < -0.39 is 0 Å². The molecule has 1 aromatic carbocycles. The Labute approximate surface area is 82.8 Å². The van der Waals surface area contributed by atoms with Gasteiger partial charge in [-0.1, -0.05) is 30.3 Å². The first-order valence-corrected chi connectivity index (χ1v) is 4.57. The fourth-order valence-electron chi connectivity index (χ4n) is 1.15. The monoisotopic (exact) mass is 200 g/mol. The van der Waals surface area contributed by atoms with E-state index in [0.717, 1.165) is 21.7 Å². The standard InChI is InChI=1S/C10H10Cl2/c1-7-4-3-5-9(12)10(7)8(2)6-11/h3-5H,2,6H2,1H3. The average Bonchev–Trinajstić information content (AvgIpc) is 2.03. The molecule has 0 atom stereocenters. The molecule has 12 heavy (non-hydrogen) atoms. The number of rotatable bonds is 2. The average molecular weight is 201 g/mol. The van der Waals surface area contributed by atoms with Gasteiger partial charge in [0, 0.05) is 10.9 Å². The van der Waals surface area contributed by atoms with Crippen LogP contribution in [0.15, 0.2) is 24.8 Å². The van der Waals surface area contributed by atoms with Gasteiger partial charge < -0.3 is 0 Å². The van der Waals surface area contributed by atoms with E-state index in [9.17, 15) is 0 Å². The molecule has 0 aliphatic carbocycles. The summed E-state index contributed by atoms with van der Waals surface area (Å²) in [5, 5.41) is 0.723. The zero-order valence-electron chi connectivity index (χ0n) is 6.90. The van der Waals surface area contributed by atoms with Crippen LogP contribution in [0, 0.1) is 6.92 Å². The number of halogens is 2. The summed E-state index contributed by atoms with van der Waals surface area (Å²) in [6.45, 7) is 5.85. The minimum atomic E-state index is 0.421. The van der Waals surface area contributed by atoms with Crippen LogP contribution in [0.5, 0.6) is 0 Å². The van der Waals surface area contributed by atoms with E-state index in [2.05, 4.69) is 6.58 Å². The third-order valence-corrected chi connectivity index (χ3v) is 2.37. The fourth-order valence-corrected chi connectivity index (χ4v) is 1.64. The normalized spacial score (nSPS) is 9.92. The minimum Gasteiger partial charge on any atom is -0.122 e. The summed E-state index contributed by atoms with van der Waals surface area (Å²) in [6.07, 6.45) is 0. The molecular formula is C10H10Cl2. The summed E-state index contributed by atoms with van der Waals surface area (Å²) in [5.41, 5.74) is 2.97. The van der Waals surface area contributed by atoms with Crippen molar-refractivity contribution in [1.29, 1.82) is 0 Å². The quantitative estimate of drug-likeness (QED) is 0.636. The van der Waals surface area contributed by atoms with Crippen LogP contribution in [0.4, 0.5) is 0 Å². The van der Waals surface area contributed by atoms with Crippen molar-refractivity contribution in [2.24, 2.45) is 0 Å². The van der Waals surface area contributed by atoms with Crippen LogP contribution in [-0.4, -0.2) is 5.88 Å². The maximum absolute atomic E-state index is 5.98. The summed E-state index contributed by atoms with van der Waals surface area (Å²) >= 11 is 11.7. The van der Waals surface area contributed by atoms with Gasteiger partial charge in [-0.25, -0.2) is 0 Å². The van der Waals surface area contributed by atoms with Crippen molar-refractivity contribution in [3.63, 3.8) is 0 Å². The van der Waals surface area contributed by atoms with Crippen LogP contribution in [0.25, 0.3) is 5.57 Å². The van der Waals surface area contributed by atoms with Crippen molar-refractivity contribution in [3.8, 4) is 0 Å². The molecule has 0 saturated carbocycles. The van der Waals surface area contributed by atoms with Gasteiger partial charge in [0.05, 0.1) is 0 Å². The Hall–Kier alpha value is -0.460. The topological polar surface area (TPSA) is 0 Å². The van der Waals surface area contributed by atoms with E-state index in [1.54, 1.807) is 0 Å². The number of aryl methyl sites for hydroxylation is 1. The summed E-state index contributed by atoms with van der Waals surface area (Å²) in [6, 6.07) is 5.77. The molecule has 0 aliphatic rings. The Kier molecular flexibility index (Phi) is 3.19. The Morgan fingerprint density at radius 1 is 1.50 bits per heavy atom. The van der Waals surface area contributed by atoms with Crippen LogP contribution in [0.2, 0.25) is 5.02 Å². The highest BCUT2D eigenvalue weighted by Crippen LogP contribution is 2.26. The Morgan fingerprint density at radius 3 is 2.67 bits per heavy atom.